The summed E-state index contributed by atoms with van der Waals surface area (Å²) in [7, 11) is 0. The van der Waals surface area contributed by atoms with Gasteiger partial charge in [0.2, 0.25) is 5.91 Å². The lowest BCUT2D eigenvalue weighted by atomic mass is 10.1. The van der Waals surface area contributed by atoms with Crippen molar-refractivity contribution in [3.8, 4) is 0 Å². The lowest BCUT2D eigenvalue weighted by Gasteiger charge is -2.17. The fourth-order valence-electron chi connectivity index (χ4n) is 2.99. The Morgan fingerprint density at radius 3 is 2.48 bits per heavy atom. The fraction of sp³-hybridized carbons (Fsp3) is 0.238. The minimum Gasteiger partial charge on any atom is -0.455 e. The van der Waals surface area contributed by atoms with Crippen LogP contribution in [-0.4, -0.2) is 41.7 Å². The molecule has 0 bridgehead atoms. The van der Waals surface area contributed by atoms with Crippen molar-refractivity contribution in [2.45, 2.75) is 13.0 Å². The van der Waals surface area contributed by atoms with E-state index >= 15 is 0 Å². The molecule has 0 unspecified atom stereocenters. The van der Waals surface area contributed by atoms with Gasteiger partial charge in [-0.1, -0.05) is 48.0 Å². The molecule has 1 saturated heterocycles. The molecule has 3 rings (SSSR count). The Morgan fingerprint density at radius 2 is 1.76 bits per heavy atom. The summed E-state index contributed by atoms with van der Waals surface area (Å²) >= 11 is 6.12. The van der Waals surface area contributed by atoms with Gasteiger partial charge >= 0.3 is 5.97 Å². The average Bonchev–Trinajstić information content (AvgIpc) is 3.09. The highest BCUT2D eigenvalue weighted by molar-refractivity contribution is 6.31. The normalized spacial score (nSPS) is 15.8. The number of likely N-dealkylation sites (tertiary alicyclic amines) is 1. The monoisotopic (exact) mass is 414 g/mol. The molecule has 7 nitrogen and oxygen atoms in total. The van der Waals surface area contributed by atoms with Gasteiger partial charge in [-0.3, -0.25) is 24.5 Å². The van der Waals surface area contributed by atoms with Gasteiger partial charge in [0.1, 0.15) is 0 Å². The van der Waals surface area contributed by atoms with Crippen LogP contribution in [-0.2, 0) is 25.7 Å². The van der Waals surface area contributed by atoms with Crippen LogP contribution >= 0.6 is 11.6 Å². The second-order valence-electron chi connectivity index (χ2n) is 6.62. The average molecular weight is 415 g/mol. The van der Waals surface area contributed by atoms with Crippen molar-refractivity contribution in [2.75, 3.05) is 13.2 Å². The molecule has 0 aromatic heterocycles. The third-order valence-electron chi connectivity index (χ3n) is 4.50. The summed E-state index contributed by atoms with van der Waals surface area (Å²) < 4.78 is 4.99. The van der Waals surface area contributed by atoms with Crippen molar-refractivity contribution >= 4 is 35.3 Å². The molecule has 0 spiro atoms. The zero-order chi connectivity index (χ0) is 20.8. The summed E-state index contributed by atoms with van der Waals surface area (Å²) in [6, 6.07) is 15.4. The number of ether oxygens (including phenoxy) is 1. The Bertz CT molecular complexity index is 932. The minimum absolute atomic E-state index is 0.00779. The second kappa shape index (κ2) is 9.34. The van der Waals surface area contributed by atoms with E-state index in [4.69, 9.17) is 16.3 Å². The first-order valence-electron chi connectivity index (χ1n) is 9.01. The Hall–Kier alpha value is -3.19. The van der Waals surface area contributed by atoms with Crippen molar-refractivity contribution in [3.05, 3.63) is 70.7 Å². The van der Waals surface area contributed by atoms with Gasteiger partial charge in [0, 0.05) is 30.1 Å². The maximum Gasteiger partial charge on any atom is 0.311 e. The number of esters is 1. The maximum absolute atomic E-state index is 12.2. The number of halogens is 1. The van der Waals surface area contributed by atoms with Gasteiger partial charge in [-0.05, 0) is 23.8 Å². The highest BCUT2D eigenvalue weighted by Gasteiger charge is 2.35. The largest absolute Gasteiger partial charge is 0.455 e. The van der Waals surface area contributed by atoms with Crippen molar-refractivity contribution in [2.24, 2.45) is 5.92 Å². The van der Waals surface area contributed by atoms with E-state index in [9.17, 15) is 19.2 Å². The highest BCUT2D eigenvalue weighted by Crippen LogP contribution is 2.24. The van der Waals surface area contributed by atoms with Gasteiger partial charge in [-0.2, -0.15) is 0 Å². The highest BCUT2D eigenvalue weighted by atomic mass is 35.5. The maximum atomic E-state index is 12.2. The van der Waals surface area contributed by atoms with Gasteiger partial charge in [-0.15, -0.1) is 0 Å². The van der Waals surface area contributed by atoms with E-state index in [2.05, 4.69) is 5.32 Å². The van der Waals surface area contributed by atoms with E-state index in [1.807, 2.05) is 12.1 Å². The summed E-state index contributed by atoms with van der Waals surface area (Å²) in [4.78, 5) is 49.7. The van der Waals surface area contributed by atoms with E-state index < -0.39 is 30.3 Å². The van der Waals surface area contributed by atoms with Gasteiger partial charge in [0.25, 0.3) is 11.8 Å². The Balaban J connectivity index is 1.47. The molecule has 8 heteroatoms. The lowest BCUT2D eigenvalue weighted by molar-refractivity contribution is -0.152. The van der Waals surface area contributed by atoms with Crippen LogP contribution in [0, 0.1) is 5.92 Å². The predicted molar refractivity (Wildman–Crippen MR) is 105 cm³/mol. The Morgan fingerprint density at radius 1 is 1.07 bits per heavy atom. The van der Waals surface area contributed by atoms with Crippen LogP contribution in [0.1, 0.15) is 22.3 Å². The minimum atomic E-state index is -0.732. The molecule has 150 valence electrons. The number of rotatable bonds is 6. The van der Waals surface area contributed by atoms with Crippen LogP contribution in [0.5, 0.6) is 0 Å². The molecule has 0 saturated carbocycles. The predicted octanol–water partition coefficient (Wildman–Crippen LogP) is 2.19. The van der Waals surface area contributed by atoms with E-state index in [1.165, 1.54) is 4.90 Å². The van der Waals surface area contributed by atoms with Gasteiger partial charge in [0.05, 0.1) is 5.92 Å². The molecule has 1 aliphatic heterocycles. The summed E-state index contributed by atoms with van der Waals surface area (Å²) in [5, 5.41) is 2.70. The third kappa shape index (κ3) is 5.42. The Kier molecular flexibility index (Phi) is 6.61. The van der Waals surface area contributed by atoms with Crippen molar-refractivity contribution in [1.82, 2.24) is 10.2 Å². The van der Waals surface area contributed by atoms with Crippen LogP contribution in [0.4, 0.5) is 0 Å². The number of hydrogen-bond acceptors (Lipinski definition) is 5. The molecule has 29 heavy (non-hydrogen) atoms. The first-order chi connectivity index (χ1) is 13.9. The molecule has 3 amide bonds. The molecule has 1 aliphatic rings. The molecule has 0 radical (unpaired) electrons. The van der Waals surface area contributed by atoms with Crippen LogP contribution in [0.2, 0.25) is 5.02 Å². The van der Waals surface area contributed by atoms with Crippen molar-refractivity contribution in [3.63, 3.8) is 0 Å². The van der Waals surface area contributed by atoms with Crippen LogP contribution in [0.15, 0.2) is 54.6 Å². The molecule has 2 aromatic carbocycles. The standard InChI is InChI=1S/C21H19ClN2O5/c22-17-9-5-4-8-15(17)11-24-12-16(10-19(24)26)21(28)29-13-18(25)23-20(27)14-6-2-1-3-7-14/h1-9,16H,10-13H2,(H,23,25,27)/t16-/m1/s1. The fourth-order valence-corrected chi connectivity index (χ4v) is 3.19. The van der Waals surface area contributed by atoms with Crippen molar-refractivity contribution in [1.29, 1.82) is 0 Å². The number of amides is 3. The van der Waals surface area contributed by atoms with Gasteiger partial charge in [-0.25, -0.2) is 0 Å². The second-order valence-corrected chi connectivity index (χ2v) is 7.02. The van der Waals surface area contributed by atoms with E-state index in [0.29, 0.717) is 17.1 Å². The first-order valence-corrected chi connectivity index (χ1v) is 9.39. The quantitative estimate of drug-likeness (QED) is 0.731. The van der Waals surface area contributed by atoms with E-state index in [-0.39, 0.29) is 18.9 Å². The van der Waals surface area contributed by atoms with E-state index in [1.54, 1.807) is 42.5 Å². The SMILES string of the molecule is O=C(COC(=O)[C@@H]1CC(=O)N(Cc2ccccc2Cl)C1)NC(=O)c1ccccc1. The van der Waals surface area contributed by atoms with Crippen LogP contribution < -0.4 is 5.32 Å². The van der Waals surface area contributed by atoms with Gasteiger partial charge < -0.3 is 9.64 Å². The number of nitrogens with one attached hydrogen (secondary N) is 1. The van der Waals surface area contributed by atoms with E-state index in [0.717, 1.165) is 5.56 Å². The lowest BCUT2D eigenvalue weighted by Crippen LogP contribution is -2.35. The summed E-state index contributed by atoms with van der Waals surface area (Å²) in [5.74, 6) is -2.81. The molecule has 0 aliphatic carbocycles. The number of hydrogen-bond donors (Lipinski definition) is 1. The Labute approximate surface area is 172 Å². The molecular formula is C21H19ClN2O5. The first kappa shape index (κ1) is 20.5. The number of imide groups is 1. The zero-order valence-corrected chi connectivity index (χ0v) is 16.2. The summed E-state index contributed by atoms with van der Waals surface area (Å²) in [6.07, 6.45) is 0.00779. The number of benzene rings is 2. The molecule has 1 heterocycles. The molecular weight excluding hydrogens is 396 g/mol. The summed E-state index contributed by atoms with van der Waals surface area (Å²) in [5.41, 5.74) is 1.11. The summed E-state index contributed by atoms with van der Waals surface area (Å²) in [6.45, 7) is -0.103. The topological polar surface area (TPSA) is 92.8 Å². The molecule has 1 fully saturated rings. The number of nitrogens with zero attached hydrogens (tertiary/aromatic N) is 1. The van der Waals surface area contributed by atoms with Crippen LogP contribution in [0.3, 0.4) is 0 Å². The smallest absolute Gasteiger partial charge is 0.311 e. The van der Waals surface area contributed by atoms with Crippen LogP contribution in [0.25, 0.3) is 0 Å². The molecule has 2 aromatic rings. The van der Waals surface area contributed by atoms with Gasteiger partial charge in [0.15, 0.2) is 6.61 Å². The third-order valence-corrected chi connectivity index (χ3v) is 4.87. The molecule has 1 N–H and O–H groups in total. The van der Waals surface area contributed by atoms with Crippen molar-refractivity contribution < 1.29 is 23.9 Å². The zero-order valence-electron chi connectivity index (χ0n) is 15.5. The molecule has 1 atom stereocenters. The number of carbonyl (C=O) groups excluding carboxylic acids is 4. The number of carbonyl (C=O) groups is 4.